The number of nitrogens with zero attached hydrogens (tertiary/aromatic N) is 1. The predicted molar refractivity (Wildman–Crippen MR) is 144 cm³/mol. The zero-order valence-corrected chi connectivity index (χ0v) is 21.4. The van der Waals surface area contributed by atoms with Crippen LogP contribution in [-0.4, -0.2) is 30.9 Å². The number of carbonyl (C=O) groups excluding carboxylic acids is 2. The van der Waals surface area contributed by atoms with Gasteiger partial charge in [-0.15, -0.1) is 0 Å². The van der Waals surface area contributed by atoms with Crippen LogP contribution in [0.3, 0.4) is 0 Å². The Morgan fingerprint density at radius 2 is 1.74 bits per heavy atom. The molecule has 1 saturated carbocycles. The predicted octanol–water partition coefficient (Wildman–Crippen LogP) is 6.19. The van der Waals surface area contributed by atoms with Crippen LogP contribution in [-0.2, 0) is 11.2 Å². The van der Waals surface area contributed by atoms with Crippen molar-refractivity contribution in [1.29, 1.82) is 0 Å². The molecule has 35 heavy (non-hydrogen) atoms. The molecule has 2 fully saturated rings. The Kier molecular flexibility index (Phi) is 8.84. The minimum Gasteiger partial charge on any atom is -0.371 e. The van der Waals surface area contributed by atoms with Gasteiger partial charge in [-0.2, -0.15) is 0 Å². The van der Waals surface area contributed by atoms with E-state index in [1.165, 1.54) is 5.56 Å². The number of carbonyl (C=O) groups is 2. The number of hydrogen-bond donors (Lipinski definition) is 2. The second-order valence-electron chi connectivity index (χ2n) is 10.3. The van der Waals surface area contributed by atoms with Crippen LogP contribution in [0.5, 0.6) is 0 Å². The molecule has 1 aliphatic carbocycles. The maximum atomic E-state index is 13.2. The van der Waals surface area contributed by atoms with E-state index in [9.17, 15) is 9.59 Å². The second kappa shape index (κ2) is 12.2. The Morgan fingerprint density at radius 3 is 2.40 bits per heavy atom. The third-order valence-corrected chi connectivity index (χ3v) is 7.51. The minimum atomic E-state index is -0.0250. The molecule has 5 nitrogen and oxygen atoms in total. The van der Waals surface area contributed by atoms with Crippen molar-refractivity contribution < 1.29 is 9.59 Å². The standard InChI is InChI=1S/C30H41N3O2/c1-3-5-11-24(4-2)29(34)32-26-14-15-28(27(21-26)30(35)31-25-12-13-25)33-18-16-23(17-19-33)20-22-9-7-6-8-10-22/h6-10,14-15,21,23-25H,3-5,11-13,16-20H2,1-2H3,(H,31,35)(H,32,34). The largest absolute Gasteiger partial charge is 0.371 e. The zero-order valence-electron chi connectivity index (χ0n) is 21.4. The summed E-state index contributed by atoms with van der Waals surface area (Å²) in [5.74, 6) is 0.721. The van der Waals surface area contributed by atoms with E-state index in [0.717, 1.165) is 76.6 Å². The third kappa shape index (κ3) is 7.09. The molecule has 2 N–H and O–H groups in total. The first kappa shape index (κ1) is 25.3. The van der Waals surface area contributed by atoms with Gasteiger partial charge in [-0.25, -0.2) is 0 Å². The Balaban J connectivity index is 1.45. The van der Waals surface area contributed by atoms with E-state index in [-0.39, 0.29) is 17.7 Å². The Bertz CT molecular complexity index is 978. The molecule has 0 aromatic heterocycles. The quantitative estimate of drug-likeness (QED) is 0.407. The molecule has 2 aromatic rings. The summed E-state index contributed by atoms with van der Waals surface area (Å²) in [5.41, 5.74) is 3.78. The molecule has 2 aromatic carbocycles. The van der Waals surface area contributed by atoms with Gasteiger partial charge in [0.2, 0.25) is 5.91 Å². The fraction of sp³-hybridized carbons (Fsp3) is 0.533. The molecule has 2 aliphatic rings. The summed E-state index contributed by atoms with van der Waals surface area (Å²) in [6.07, 6.45) is 9.34. The van der Waals surface area contributed by atoms with Crippen molar-refractivity contribution in [3.63, 3.8) is 0 Å². The van der Waals surface area contributed by atoms with E-state index >= 15 is 0 Å². The highest BCUT2D eigenvalue weighted by Crippen LogP contribution is 2.31. The van der Waals surface area contributed by atoms with Crippen LogP contribution in [0.15, 0.2) is 48.5 Å². The molecule has 5 heteroatoms. The van der Waals surface area contributed by atoms with Crippen molar-refractivity contribution in [2.45, 2.75) is 77.7 Å². The van der Waals surface area contributed by atoms with Crippen LogP contribution < -0.4 is 15.5 Å². The van der Waals surface area contributed by atoms with Gasteiger partial charge >= 0.3 is 0 Å². The van der Waals surface area contributed by atoms with Gasteiger partial charge < -0.3 is 15.5 Å². The monoisotopic (exact) mass is 475 g/mol. The van der Waals surface area contributed by atoms with Gasteiger partial charge in [-0.3, -0.25) is 9.59 Å². The number of rotatable bonds is 11. The highest BCUT2D eigenvalue weighted by Gasteiger charge is 2.28. The number of piperidine rings is 1. The van der Waals surface area contributed by atoms with E-state index in [1.807, 2.05) is 18.2 Å². The van der Waals surface area contributed by atoms with E-state index in [4.69, 9.17) is 0 Å². The lowest BCUT2D eigenvalue weighted by Gasteiger charge is -2.35. The summed E-state index contributed by atoms with van der Waals surface area (Å²) in [6.45, 7) is 6.11. The minimum absolute atomic E-state index is 0.0157. The SMILES string of the molecule is CCCCC(CC)C(=O)Nc1ccc(N2CCC(Cc3ccccc3)CC2)c(C(=O)NC2CC2)c1. The molecule has 1 aliphatic heterocycles. The maximum absolute atomic E-state index is 13.2. The summed E-state index contributed by atoms with van der Waals surface area (Å²) in [5, 5.41) is 6.25. The molecule has 1 atom stereocenters. The Morgan fingerprint density at radius 1 is 1.00 bits per heavy atom. The Hall–Kier alpha value is -2.82. The van der Waals surface area contributed by atoms with Crippen LogP contribution in [0.1, 0.15) is 81.1 Å². The average Bonchev–Trinajstić information content (AvgIpc) is 3.70. The summed E-state index contributed by atoms with van der Waals surface area (Å²) in [6, 6.07) is 16.9. The van der Waals surface area contributed by atoms with Crippen LogP contribution in [0, 0.1) is 11.8 Å². The fourth-order valence-corrected chi connectivity index (χ4v) is 5.10. The molecule has 188 valence electrons. The van der Waals surface area contributed by atoms with Gasteiger partial charge in [-0.05, 0) is 74.6 Å². The topological polar surface area (TPSA) is 61.4 Å². The van der Waals surface area contributed by atoms with Crippen molar-refractivity contribution in [2.24, 2.45) is 11.8 Å². The number of anilines is 2. The van der Waals surface area contributed by atoms with Crippen LogP contribution in [0.25, 0.3) is 0 Å². The second-order valence-corrected chi connectivity index (χ2v) is 10.3. The van der Waals surface area contributed by atoms with Gasteiger partial charge in [0.05, 0.1) is 5.56 Å². The molecule has 0 bridgehead atoms. The lowest BCUT2D eigenvalue weighted by Crippen LogP contribution is -2.36. The molecule has 1 unspecified atom stereocenters. The van der Waals surface area contributed by atoms with Crippen molar-refractivity contribution in [1.82, 2.24) is 5.32 Å². The van der Waals surface area contributed by atoms with Crippen LogP contribution in [0.2, 0.25) is 0 Å². The first-order valence-electron chi connectivity index (χ1n) is 13.6. The summed E-state index contributed by atoms with van der Waals surface area (Å²) >= 11 is 0. The summed E-state index contributed by atoms with van der Waals surface area (Å²) < 4.78 is 0. The van der Waals surface area contributed by atoms with Gasteiger partial charge in [0, 0.05) is 36.4 Å². The average molecular weight is 476 g/mol. The number of amides is 2. The Labute approximate surface area is 210 Å². The summed E-state index contributed by atoms with van der Waals surface area (Å²) in [4.78, 5) is 28.4. The number of benzene rings is 2. The number of hydrogen-bond acceptors (Lipinski definition) is 3. The lowest BCUT2D eigenvalue weighted by molar-refractivity contribution is -0.120. The molecule has 2 amide bonds. The van der Waals surface area contributed by atoms with Gasteiger partial charge in [0.1, 0.15) is 0 Å². The van der Waals surface area contributed by atoms with Crippen molar-refractivity contribution in [3.8, 4) is 0 Å². The van der Waals surface area contributed by atoms with E-state index in [0.29, 0.717) is 23.2 Å². The third-order valence-electron chi connectivity index (χ3n) is 7.51. The molecule has 1 saturated heterocycles. The van der Waals surface area contributed by atoms with Crippen molar-refractivity contribution >= 4 is 23.2 Å². The number of unbranched alkanes of at least 4 members (excludes halogenated alkanes) is 1. The van der Waals surface area contributed by atoms with Gasteiger partial charge in [0.15, 0.2) is 0 Å². The molecule has 0 spiro atoms. The molecular weight excluding hydrogens is 434 g/mol. The highest BCUT2D eigenvalue weighted by molar-refractivity contribution is 6.02. The summed E-state index contributed by atoms with van der Waals surface area (Å²) in [7, 11) is 0. The molecule has 0 radical (unpaired) electrons. The normalized spacial score (nSPS) is 17.1. The first-order valence-corrected chi connectivity index (χ1v) is 13.6. The van der Waals surface area contributed by atoms with Crippen molar-refractivity contribution in [2.75, 3.05) is 23.3 Å². The van der Waals surface area contributed by atoms with Crippen molar-refractivity contribution in [3.05, 3.63) is 59.7 Å². The lowest BCUT2D eigenvalue weighted by atomic mass is 9.89. The first-order chi connectivity index (χ1) is 17.1. The van der Waals surface area contributed by atoms with Crippen LogP contribution in [0.4, 0.5) is 11.4 Å². The van der Waals surface area contributed by atoms with Gasteiger partial charge in [-0.1, -0.05) is 57.0 Å². The fourth-order valence-electron chi connectivity index (χ4n) is 5.10. The van der Waals surface area contributed by atoms with Gasteiger partial charge in [0.25, 0.3) is 5.91 Å². The van der Waals surface area contributed by atoms with Crippen LogP contribution >= 0.6 is 0 Å². The molecule has 1 heterocycles. The maximum Gasteiger partial charge on any atom is 0.253 e. The zero-order chi connectivity index (χ0) is 24.6. The molecular formula is C30H41N3O2. The molecule has 4 rings (SSSR count). The highest BCUT2D eigenvalue weighted by atomic mass is 16.2. The van der Waals surface area contributed by atoms with E-state index in [1.54, 1.807) is 0 Å². The number of nitrogens with one attached hydrogen (secondary N) is 2. The van der Waals surface area contributed by atoms with E-state index < -0.39 is 0 Å². The smallest absolute Gasteiger partial charge is 0.253 e. The van der Waals surface area contributed by atoms with E-state index in [2.05, 4.69) is 59.7 Å².